The van der Waals surface area contributed by atoms with Crippen LogP contribution in [0.15, 0.2) is 35.7 Å². The summed E-state index contributed by atoms with van der Waals surface area (Å²) in [6.45, 7) is 2.50. The van der Waals surface area contributed by atoms with Gasteiger partial charge in [-0.05, 0) is 29.5 Å². The first kappa shape index (κ1) is 13.8. The molecule has 0 atom stereocenters. The number of aromatic nitrogens is 2. The topological polar surface area (TPSA) is 47.0 Å². The average molecular weight is 299 g/mol. The summed E-state index contributed by atoms with van der Waals surface area (Å²) in [5.41, 5.74) is 1.20. The predicted octanol–water partition coefficient (Wildman–Crippen LogP) is 3.87. The third kappa shape index (κ3) is 2.83. The lowest BCUT2D eigenvalue weighted by Gasteiger charge is -2.10. The van der Waals surface area contributed by atoms with Gasteiger partial charge in [-0.25, -0.2) is 9.97 Å². The molecule has 3 aromatic rings. The molecule has 4 nitrogen and oxygen atoms in total. The molecule has 3 rings (SSSR count). The highest BCUT2D eigenvalue weighted by atomic mass is 32.1. The van der Waals surface area contributed by atoms with Gasteiger partial charge in [0, 0.05) is 7.05 Å². The molecule has 0 aliphatic rings. The predicted molar refractivity (Wildman–Crippen MR) is 87.1 cm³/mol. The van der Waals surface area contributed by atoms with E-state index in [4.69, 9.17) is 4.74 Å². The van der Waals surface area contributed by atoms with Gasteiger partial charge in [0.25, 0.3) is 0 Å². The number of para-hydroxylation sites is 1. The number of nitrogens with one attached hydrogen (secondary N) is 1. The third-order valence-corrected chi connectivity index (χ3v) is 4.13. The lowest BCUT2D eigenvalue weighted by Crippen LogP contribution is -2.05. The lowest BCUT2D eigenvalue weighted by atomic mass is 10.1. The zero-order valence-electron chi connectivity index (χ0n) is 12.1. The monoisotopic (exact) mass is 299 g/mol. The molecule has 2 aromatic heterocycles. The first-order valence-electron chi connectivity index (χ1n) is 6.94. The second-order valence-electron chi connectivity index (χ2n) is 4.63. The number of fused-ring (bicyclic) bond motifs is 1. The smallest absolute Gasteiger partial charge is 0.169 e. The number of ether oxygens (including phenoxy) is 1. The van der Waals surface area contributed by atoms with Crippen molar-refractivity contribution < 1.29 is 4.74 Å². The Morgan fingerprint density at radius 1 is 1.19 bits per heavy atom. The van der Waals surface area contributed by atoms with E-state index in [1.165, 1.54) is 5.56 Å². The van der Waals surface area contributed by atoms with Crippen molar-refractivity contribution >= 4 is 27.4 Å². The number of thiophene rings is 1. The number of hydrogen-bond donors (Lipinski definition) is 1. The van der Waals surface area contributed by atoms with E-state index in [-0.39, 0.29) is 0 Å². The van der Waals surface area contributed by atoms with Crippen molar-refractivity contribution in [2.75, 3.05) is 12.4 Å². The lowest BCUT2D eigenvalue weighted by molar-refractivity contribution is 0.293. The zero-order chi connectivity index (χ0) is 14.7. The fourth-order valence-electron chi connectivity index (χ4n) is 2.23. The van der Waals surface area contributed by atoms with E-state index in [0.29, 0.717) is 12.4 Å². The molecular formula is C16H17N3OS. The van der Waals surface area contributed by atoms with Crippen LogP contribution in [0.3, 0.4) is 0 Å². The Bertz CT molecular complexity index is 754. The molecule has 21 heavy (non-hydrogen) atoms. The molecule has 0 fully saturated rings. The summed E-state index contributed by atoms with van der Waals surface area (Å²) >= 11 is 1.61. The Hall–Kier alpha value is -2.14. The number of hydrogen-bond acceptors (Lipinski definition) is 5. The number of aryl methyl sites for hydroxylation is 1. The minimum absolute atomic E-state index is 0.375. The normalized spacial score (nSPS) is 10.8. The molecule has 2 heterocycles. The van der Waals surface area contributed by atoms with Crippen molar-refractivity contribution in [2.24, 2.45) is 0 Å². The Kier molecular flexibility index (Phi) is 4.01. The van der Waals surface area contributed by atoms with E-state index in [1.54, 1.807) is 11.3 Å². The minimum Gasteiger partial charge on any atom is -0.485 e. The van der Waals surface area contributed by atoms with E-state index in [9.17, 15) is 0 Å². The maximum atomic E-state index is 5.89. The molecule has 0 saturated carbocycles. The van der Waals surface area contributed by atoms with Gasteiger partial charge in [0.2, 0.25) is 0 Å². The van der Waals surface area contributed by atoms with E-state index in [0.717, 1.165) is 28.2 Å². The van der Waals surface area contributed by atoms with Crippen LogP contribution in [0.2, 0.25) is 0 Å². The molecule has 0 bridgehead atoms. The van der Waals surface area contributed by atoms with Crippen molar-refractivity contribution in [2.45, 2.75) is 20.0 Å². The van der Waals surface area contributed by atoms with Crippen molar-refractivity contribution in [3.8, 4) is 5.75 Å². The fourth-order valence-corrected chi connectivity index (χ4v) is 3.02. The number of anilines is 1. The summed E-state index contributed by atoms with van der Waals surface area (Å²) in [6, 6.07) is 10.1. The van der Waals surface area contributed by atoms with E-state index in [1.807, 2.05) is 36.7 Å². The standard InChI is InChI=1S/C16H17N3OS/c1-3-11-6-4-5-7-13(11)20-10-14-18-15(17-2)12-8-9-21-16(12)19-14/h4-9H,3,10H2,1-2H3,(H,17,18,19). The summed E-state index contributed by atoms with van der Waals surface area (Å²) in [4.78, 5) is 10.1. The molecule has 0 aliphatic heterocycles. The first-order chi connectivity index (χ1) is 10.3. The summed E-state index contributed by atoms with van der Waals surface area (Å²) in [5.74, 6) is 2.45. The van der Waals surface area contributed by atoms with E-state index >= 15 is 0 Å². The van der Waals surface area contributed by atoms with Gasteiger partial charge in [0.05, 0.1) is 5.39 Å². The molecule has 0 aliphatic carbocycles. The Labute approximate surface area is 127 Å². The zero-order valence-corrected chi connectivity index (χ0v) is 12.9. The highest BCUT2D eigenvalue weighted by Gasteiger charge is 2.09. The molecule has 5 heteroatoms. The van der Waals surface area contributed by atoms with Gasteiger partial charge >= 0.3 is 0 Å². The van der Waals surface area contributed by atoms with Crippen LogP contribution < -0.4 is 10.1 Å². The highest BCUT2D eigenvalue weighted by Crippen LogP contribution is 2.25. The molecule has 0 radical (unpaired) electrons. The van der Waals surface area contributed by atoms with Gasteiger partial charge in [-0.15, -0.1) is 11.3 Å². The van der Waals surface area contributed by atoms with Crippen molar-refractivity contribution in [3.63, 3.8) is 0 Å². The number of rotatable bonds is 5. The molecule has 0 spiro atoms. The summed E-state index contributed by atoms with van der Waals surface area (Å²) in [7, 11) is 1.87. The molecule has 0 saturated heterocycles. The van der Waals surface area contributed by atoms with Crippen LogP contribution >= 0.6 is 11.3 Å². The van der Waals surface area contributed by atoms with Gasteiger partial charge in [0.1, 0.15) is 23.0 Å². The van der Waals surface area contributed by atoms with Gasteiger partial charge < -0.3 is 10.1 Å². The molecule has 0 unspecified atom stereocenters. The Morgan fingerprint density at radius 3 is 2.86 bits per heavy atom. The first-order valence-corrected chi connectivity index (χ1v) is 7.82. The maximum absolute atomic E-state index is 5.89. The Balaban J connectivity index is 1.85. The number of nitrogens with zero attached hydrogens (tertiary/aromatic N) is 2. The van der Waals surface area contributed by atoms with Crippen molar-refractivity contribution in [1.82, 2.24) is 9.97 Å². The second-order valence-corrected chi connectivity index (χ2v) is 5.52. The van der Waals surface area contributed by atoms with Crippen LogP contribution in [0.5, 0.6) is 5.75 Å². The molecule has 1 N–H and O–H groups in total. The van der Waals surface area contributed by atoms with Gasteiger partial charge in [-0.2, -0.15) is 0 Å². The van der Waals surface area contributed by atoms with Crippen LogP contribution in [0.4, 0.5) is 5.82 Å². The van der Waals surface area contributed by atoms with Crippen LogP contribution in [-0.4, -0.2) is 17.0 Å². The Morgan fingerprint density at radius 2 is 2.05 bits per heavy atom. The SMILES string of the molecule is CCc1ccccc1OCc1nc(NC)c2ccsc2n1. The van der Waals surface area contributed by atoms with Crippen LogP contribution in [0.25, 0.3) is 10.2 Å². The van der Waals surface area contributed by atoms with E-state index < -0.39 is 0 Å². The second kappa shape index (κ2) is 6.10. The minimum atomic E-state index is 0.375. The molecule has 108 valence electrons. The maximum Gasteiger partial charge on any atom is 0.169 e. The molecule has 0 amide bonds. The summed E-state index contributed by atoms with van der Waals surface area (Å²) in [5, 5.41) is 6.20. The summed E-state index contributed by atoms with van der Waals surface area (Å²) in [6.07, 6.45) is 0.947. The quantitative estimate of drug-likeness (QED) is 0.777. The highest BCUT2D eigenvalue weighted by molar-refractivity contribution is 7.16. The molecular weight excluding hydrogens is 282 g/mol. The average Bonchev–Trinajstić information content (AvgIpc) is 3.00. The van der Waals surface area contributed by atoms with Crippen LogP contribution in [0, 0.1) is 0 Å². The van der Waals surface area contributed by atoms with Crippen LogP contribution in [0.1, 0.15) is 18.3 Å². The van der Waals surface area contributed by atoms with Crippen molar-refractivity contribution in [3.05, 3.63) is 47.1 Å². The van der Waals surface area contributed by atoms with Gasteiger partial charge in [-0.3, -0.25) is 0 Å². The van der Waals surface area contributed by atoms with E-state index in [2.05, 4.69) is 28.3 Å². The largest absolute Gasteiger partial charge is 0.485 e. The van der Waals surface area contributed by atoms with Gasteiger partial charge in [-0.1, -0.05) is 25.1 Å². The van der Waals surface area contributed by atoms with Crippen molar-refractivity contribution in [1.29, 1.82) is 0 Å². The molecule has 1 aromatic carbocycles. The van der Waals surface area contributed by atoms with Crippen LogP contribution in [-0.2, 0) is 13.0 Å². The van der Waals surface area contributed by atoms with Gasteiger partial charge in [0.15, 0.2) is 5.82 Å². The number of benzene rings is 1. The third-order valence-electron chi connectivity index (χ3n) is 3.32. The fraction of sp³-hybridized carbons (Fsp3) is 0.250. The summed E-state index contributed by atoms with van der Waals surface area (Å²) < 4.78 is 5.89.